The van der Waals surface area contributed by atoms with Crippen LogP contribution in [0.2, 0.25) is 0 Å². The monoisotopic (exact) mass is 473 g/mol. The molecule has 2 aliphatic rings. The standard InChI is InChI=1S/C22H22F2N5O3P/c23-19-12-16(29-15-17(32-22(29)30)14-28-7-6-25-26-28)13-20(24)21(19)27-8-10-33(31,11-9-27)18-4-2-1-3-5-18/h1-7,12-13,17H,8-11,14-15H2/t17-/m0/s1. The molecular formula is C22H22F2N5O3P. The van der Waals surface area contributed by atoms with Crippen LogP contribution >= 0.6 is 7.14 Å². The Hall–Kier alpha value is -3.26. The quantitative estimate of drug-likeness (QED) is 0.530. The van der Waals surface area contributed by atoms with Crippen molar-refractivity contribution < 1.29 is 22.9 Å². The Labute approximate surface area is 189 Å². The molecule has 172 valence electrons. The topological polar surface area (TPSA) is 80.6 Å². The Morgan fingerprint density at radius 2 is 1.79 bits per heavy atom. The molecule has 2 aliphatic heterocycles. The molecule has 0 unspecified atom stereocenters. The Balaban J connectivity index is 1.30. The molecule has 3 aromatic rings. The Kier molecular flexibility index (Phi) is 5.62. The minimum Gasteiger partial charge on any atom is -0.442 e. The first-order valence-corrected chi connectivity index (χ1v) is 12.7. The molecule has 8 nitrogen and oxygen atoms in total. The van der Waals surface area contributed by atoms with E-state index in [0.717, 1.165) is 17.4 Å². The van der Waals surface area contributed by atoms with E-state index in [0.29, 0.717) is 18.9 Å². The van der Waals surface area contributed by atoms with Crippen molar-refractivity contribution in [1.82, 2.24) is 15.0 Å². The average molecular weight is 473 g/mol. The number of ether oxygens (including phenoxy) is 1. The third-order valence-electron chi connectivity index (χ3n) is 6.06. The molecule has 0 aliphatic carbocycles. The summed E-state index contributed by atoms with van der Waals surface area (Å²) in [5.74, 6) is -1.54. The number of cyclic esters (lactones) is 1. The summed E-state index contributed by atoms with van der Waals surface area (Å²) in [6, 6.07) is 11.5. The van der Waals surface area contributed by atoms with Crippen molar-refractivity contribution in [3.8, 4) is 0 Å². The Bertz CT molecular complexity index is 1170. The van der Waals surface area contributed by atoms with Gasteiger partial charge in [0.1, 0.15) is 18.9 Å². The van der Waals surface area contributed by atoms with Crippen molar-refractivity contribution >= 4 is 29.9 Å². The lowest BCUT2D eigenvalue weighted by Gasteiger charge is -2.34. The average Bonchev–Trinajstić information content (AvgIpc) is 3.45. The fourth-order valence-electron chi connectivity index (χ4n) is 4.35. The number of benzene rings is 2. The predicted molar refractivity (Wildman–Crippen MR) is 120 cm³/mol. The highest BCUT2D eigenvalue weighted by Gasteiger charge is 2.35. The lowest BCUT2D eigenvalue weighted by Crippen LogP contribution is -2.38. The van der Waals surface area contributed by atoms with Crippen LogP contribution in [0.4, 0.5) is 25.0 Å². The van der Waals surface area contributed by atoms with Gasteiger partial charge in [-0.1, -0.05) is 35.5 Å². The van der Waals surface area contributed by atoms with Gasteiger partial charge in [-0.25, -0.2) is 18.3 Å². The van der Waals surface area contributed by atoms with Gasteiger partial charge >= 0.3 is 6.09 Å². The first-order valence-electron chi connectivity index (χ1n) is 10.6. The number of aromatic nitrogens is 3. The van der Waals surface area contributed by atoms with E-state index in [-0.39, 0.29) is 31.0 Å². The molecule has 1 amide bonds. The second kappa shape index (κ2) is 8.59. The molecule has 2 fully saturated rings. The van der Waals surface area contributed by atoms with Gasteiger partial charge in [0.05, 0.1) is 25.0 Å². The van der Waals surface area contributed by atoms with Gasteiger partial charge in [0.15, 0.2) is 11.6 Å². The van der Waals surface area contributed by atoms with Crippen LogP contribution in [0.5, 0.6) is 0 Å². The van der Waals surface area contributed by atoms with E-state index in [2.05, 4.69) is 10.3 Å². The molecule has 2 aromatic carbocycles. The summed E-state index contributed by atoms with van der Waals surface area (Å²) in [5, 5.41) is 8.34. The van der Waals surface area contributed by atoms with Crippen LogP contribution in [-0.2, 0) is 15.8 Å². The maximum Gasteiger partial charge on any atom is 0.414 e. The molecule has 33 heavy (non-hydrogen) atoms. The number of hydrogen-bond donors (Lipinski definition) is 0. The van der Waals surface area contributed by atoms with Gasteiger partial charge in [-0.15, -0.1) is 5.10 Å². The molecule has 1 aromatic heterocycles. The molecule has 0 spiro atoms. The highest BCUT2D eigenvalue weighted by Crippen LogP contribution is 2.47. The molecular weight excluding hydrogens is 451 g/mol. The van der Waals surface area contributed by atoms with Gasteiger partial charge in [0.25, 0.3) is 0 Å². The smallest absolute Gasteiger partial charge is 0.414 e. The number of carbonyl (C=O) groups excluding carboxylic acids is 1. The molecule has 3 heterocycles. The van der Waals surface area contributed by atoms with E-state index in [1.807, 2.05) is 30.3 Å². The van der Waals surface area contributed by atoms with Gasteiger partial charge in [-0.05, 0) is 0 Å². The largest absolute Gasteiger partial charge is 0.442 e. The normalized spacial score (nSPS) is 20.2. The van der Waals surface area contributed by atoms with Crippen molar-refractivity contribution in [2.24, 2.45) is 0 Å². The fraction of sp³-hybridized carbons (Fsp3) is 0.318. The Morgan fingerprint density at radius 3 is 2.42 bits per heavy atom. The summed E-state index contributed by atoms with van der Waals surface area (Å²) >= 11 is 0. The number of rotatable bonds is 5. The predicted octanol–water partition coefficient (Wildman–Crippen LogP) is 3.09. The van der Waals surface area contributed by atoms with Gasteiger partial charge in [0, 0.05) is 49.0 Å². The second-order valence-corrected chi connectivity index (χ2v) is 11.3. The summed E-state index contributed by atoms with van der Waals surface area (Å²) in [6.07, 6.45) is 2.66. The van der Waals surface area contributed by atoms with E-state index in [9.17, 15) is 9.36 Å². The van der Waals surface area contributed by atoms with Gasteiger partial charge in [-0.3, -0.25) is 4.90 Å². The minimum atomic E-state index is -2.59. The van der Waals surface area contributed by atoms with Crippen LogP contribution in [0.15, 0.2) is 54.9 Å². The molecule has 0 N–H and O–H groups in total. The van der Waals surface area contributed by atoms with E-state index in [4.69, 9.17) is 4.74 Å². The number of carbonyl (C=O) groups is 1. The van der Waals surface area contributed by atoms with Crippen LogP contribution in [0.25, 0.3) is 0 Å². The van der Waals surface area contributed by atoms with Crippen molar-refractivity contribution in [3.63, 3.8) is 0 Å². The van der Waals surface area contributed by atoms with E-state index < -0.39 is 31.0 Å². The summed E-state index contributed by atoms with van der Waals surface area (Å²) in [4.78, 5) is 15.1. The van der Waals surface area contributed by atoms with Crippen molar-refractivity contribution in [3.05, 3.63) is 66.5 Å². The zero-order valence-corrected chi connectivity index (χ0v) is 18.6. The second-order valence-electron chi connectivity index (χ2n) is 8.16. The van der Waals surface area contributed by atoms with Gasteiger partial charge in [-0.2, -0.15) is 0 Å². The van der Waals surface area contributed by atoms with Gasteiger partial charge < -0.3 is 14.2 Å². The number of nitrogens with zero attached hydrogens (tertiary/aromatic N) is 5. The minimum absolute atomic E-state index is 0.0896. The first kappa shape index (κ1) is 21.6. The molecule has 0 radical (unpaired) electrons. The van der Waals surface area contributed by atoms with Crippen molar-refractivity contribution in [1.29, 1.82) is 0 Å². The number of anilines is 2. The molecule has 0 bridgehead atoms. The zero-order valence-electron chi connectivity index (χ0n) is 17.7. The molecule has 1 atom stereocenters. The summed E-state index contributed by atoms with van der Waals surface area (Å²) in [5.41, 5.74) is -0.0726. The zero-order chi connectivity index (χ0) is 23.0. The van der Waals surface area contributed by atoms with Crippen LogP contribution in [0, 0.1) is 11.6 Å². The summed E-state index contributed by atoms with van der Waals surface area (Å²) < 4.78 is 50.2. The summed E-state index contributed by atoms with van der Waals surface area (Å²) in [7, 11) is -2.59. The molecule has 5 rings (SSSR count). The molecule has 11 heteroatoms. The maximum atomic E-state index is 15.0. The number of amides is 1. The van der Waals surface area contributed by atoms with Crippen LogP contribution in [-0.4, -0.2) is 59.1 Å². The Morgan fingerprint density at radius 1 is 1.09 bits per heavy atom. The van der Waals surface area contributed by atoms with Gasteiger partial charge in [0.2, 0.25) is 0 Å². The third-order valence-corrected chi connectivity index (χ3v) is 9.14. The number of halogens is 2. The number of hydrogen-bond acceptors (Lipinski definition) is 6. The molecule has 0 saturated carbocycles. The van der Waals surface area contributed by atoms with E-state index >= 15 is 8.78 Å². The van der Waals surface area contributed by atoms with E-state index in [1.165, 1.54) is 15.8 Å². The van der Waals surface area contributed by atoms with Crippen LogP contribution in [0.1, 0.15) is 0 Å². The van der Waals surface area contributed by atoms with Crippen molar-refractivity contribution in [2.45, 2.75) is 12.6 Å². The highest BCUT2D eigenvalue weighted by atomic mass is 31.2. The van der Waals surface area contributed by atoms with Crippen LogP contribution in [0.3, 0.4) is 0 Å². The molecule has 2 saturated heterocycles. The van der Waals surface area contributed by atoms with Crippen molar-refractivity contribution in [2.75, 3.05) is 41.8 Å². The fourth-order valence-corrected chi connectivity index (χ4v) is 6.93. The van der Waals surface area contributed by atoms with E-state index in [1.54, 1.807) is 11.1 Å². The SMILES string of the molecule is O=C1O[C@@H](Cn2ccnn2)CN1c1cc(F)c(N2CCP(=O)(c3ccccc3)CC2)c(F)c1. The summed E-state index contributed by atoms with van der Waals surface area (Å²) in [6.45, 7) is 0.998. The lowest BCUT2D eigenvalue weighted by molar-refractivity contribution is 0.129. The lowest BCUT2D eigenvalue weighted by atomic mass is 10.2. The maximum absolute atomic E-state index is 15.0. The first-order chi connectivity index (χ1) is 15.9. The highest BCUT2D eigenvalue weighted by molar-refractivity contribution is 7.71. The van der Waals surface area contributed by atoms with Crippen LogP contribution < -0.4 is 15.1 Å². The third kappa shape index (κ3) is 4.23.